The zero-order chi connectivity index (χ0) is 11.0. The number of fused-ring (bicyclic) bond motifs is 1. The monoisotopic (exact) mass is 219 g/mol. The molecule has 0 radical (unpaired) electrons. The van der Waals surface area contributed by atoms with Gasteiger partial charge in [0.2, 0.25) is 0 Å². The molecule has 0 atom stereocenters. The SMILES string of the molecule is CC1(COc2cccc3c2CNC3)COC1. The Kier molecular flexibility index (Phi) is 2.37. The quantitative estimate of drug-likeness (QED) is 0.839. The first-order chi connectivity index (χ1) is 7.77. The Morgan fingerprint density at radius 2 is 2.25 bits per heavy atom. The average molecular weight is 219 g/mol. The van der Waals surface area contributed by atoms with Crippen molar-refractivity contribution in [2.45, 2.75) is 20.0 Å². The van der Waals surface area contributed by atoms with Gasteiger partial charge in [-0.1, -0.05) is 19.1 Å². The summed E-state index contributed by atoms with van der Waals surface area (Å²) in [5.41, 5.74) is 2.91. The lowest BCUT2D eigenvalue weighted by atomic mass is 9.90. The number of benzene rings is 1. The Morgan fingerprint density at radius 1 is 1.38 bits per heavy atom. The van der Waals surface area contributed by atoms with Crippen LogP contribution >= 0.6 is 0 Å². The molecule has 3 nitrogen and oxygen atoms in total. The Labute approximate surface area is 95.8 Å². The van der Waals surface area contributed by atoms with Gasteiger partial charge in [-0.25, -0.2) is 0 Å². The summed E-state index contributed by atoms with van der Waals surface area (Å²) < 4.78 is 11.2. The predicted molar refractivity (Wildman–Crippen MR) is 61.4 cm³/mol. The van der Waals surface area contributed by atoms with Crippen LogP contribution in [0.25, 0.3) is 0 Å². The summed E-state index contributed by atoms with van der Waals surface area (Å²) in [6, 6.07) is 6.30. The van der Waals surface area contributed by atoms with E-state index in [1.165, 1.54) is 11.1 Å². The molecule has 0 saturated carbocycles. The first-order valence-electron chi connectivity index (χ1n) is 5.79. The molecule has 0 aliphatic carbocycles. The predicted octanol–water partition coefficient (Wildman–Crippen LogP) is 1.71. The van der Waals surface area contributed by atoms with Crippen molar-refractivity contribution >= 4 is 0 Å². The van der Waals surface area contributed by atoms with Crippen molar-refractivity contribution in [3.63, 3.8) is 0 Å². The van der Waals surface area contributed by atoms with Crippen molar-refractivity contribution in [2.75, 3.05) is 19.8 Å². The second kappa shape index (κ2) is 3.75. The standard InChI is InChI=1S/C13H17NO2/c1-13(7-15-8-13)9-16-12-4-2-3-10-5-14-6-11(10)12/h2-4,14H,5-9H2,1H3. The van der Waals surface area contributed by atoms with E-state index in [1.807, 2.05) is 0 Å². The summed E-state index contributed by atoms with van der Waals surface area (Å²) >= 11 is 0. The third-order valence-corrected chi connectivity index (χ3v) is 3.32. The third-order valence-electron chi connectivity index (χ3n) is 3.32. The number of hydrogen-bond donors (Lipinski definition) is 1. The van der Waals surface area contributed by atoms with Crippen molar-refractivity contribution in [1.29, 1.82) is 0 Å². The maximum atomic E-state index is 5.94. The minimum Gasteiger partial charge on any atom is -0.492 e. The van der Waals surface area contributed by atoms with Gasteiger partial charge in [0.1, 0.15) is 5.75 Å². The highest BCUT2D eigenvalue weighted by Gasteiger charge is 2.34. The minimum atomic E-state index is 0.217. The van der Waals surface area contributed by atoms with E-state index in [9.17, 15) is 0 Å². The molecule has 0 unspecified atom stereocenters. The molecule has 0 amide bonds. The van der Waals surface area contributed by atoms with Gasteiger partial charge in [-0.2, -0.15) is 0 Å². The topological polar surface area (TPSA) is 30.5 Å². The van der Waals surface area contributed by atoms with E-state index >= 15 is 0 Å². The molecule has 1 fully saturated rings. The van der Waals surface area contributed by atoms with E-state index in [0.29, 0.717) is 0 Å². The van der Waals surface area contributed by atoms with E-state index in [1.54, 1.807) is 0 Å². The molecule has 3 rings (SSSR count). The van der Waals surface area contributed by atoms with Crippen molar-refractivity contribution in [1.82, 2.24) is 5.32 Å². The van der Waals surface area contributed by atoms with E-state index in [-0.39, 0.29) is 5.41 Å². The van der Waals surface area contributed by atoms with E-state index in [4.69, 9.17) is 9.47 Å². The first-order valence-corrected chi connectivity index (χ1v) is 5.79. The van der Waals surface area contributed by atoms with Gasteiger partial charge in [0.25, 0.3) is 0 Å². The second-order valence-electron chi connectivity index (χ2n) is 5.09. The molecule has 2 aliphatic heterocycles. The summed E-state index contributed by atoms with van der Waals surface area (Å²) in [6.45, 7) is 6.49. The third kappa shape index (κ3) is 1.70. The molecule has 16 heavy (non-hydrogen) atoms. The molecular formula is C13H17NO2. The summed E-state index contributed by atoms with van der Waals surface area (Å²) in [6.07, 6.45) is 0. The van der Waals surface area contributed by atoms with Gasteiger partial charge < -0.3 is 14.8 Å². The maximum absolute atomic E-state index is 5.94. The van der Waals surface area contributed by atoms with Gasteiger partial charge in [-0.3, -0.25) is 0 Å². The van der Waals surface area contributed by atoms with Crippen LogP contribution in [0.5, 0.6) is 5.75 Å². The van der Waals surface area contributed by atoms with Gasteiger partial charge in [0, 0.05) is 24.1 Å². The Balaban J connectivity index is 1.72. The Hall–Kier alpha value is -1.06. The highest BCUT2D eigenvalue weighted by Crippen LogP contribution is 2.31. The molecule has 86 valence electrons. The van der Waals surface area contributed by atoms with E-state index in [0.717, 1.165) is 38.7 Å². The van der Waals surface area contributed by atoms with Crippen LogP contribution < -0.4 is 10.1 Å². The van der Waals surface area contributed by atoms with Crippen LogP contribution in [-0.4, -0.2) is 19.8 Å². The lowest BCUT2D eigenvalue weighted by molar-refractivity contribution is -0.120. The van der Waals surface area contributed by atoms with Crippen molar-refractivity contribution in [3.8, 4) is 5.75 Å². The van der Waals surface area contributed by atoms with E-state index in [2.05, 4.69) is 30.4 Å². The van der Waals surface area contributed by atoms with Crippen LogP contribution in [0, 0.1) is 5.41 Å². The normalized spacial score (nSPS) is 21.3. The Morgan fingerprint density at radius 3 is 3.00 bits per heavy atom. The lowest BCUT2D eigenvalue weighted by Crippen LogP contribution is -2.44. The van der Waals surface area contributed by atoms with Gasteiger partial charge in [-0.05, 0) is 11.6 Å². The molecule has 1 N–H and O–H groups in total. The van der Waals surface area contributed by atoms with Crippen LogP contribution in [0.2, 0.25) is 0 Å². The van der Waals surface area contributed by atoms with Gasteiger partial charge in [-0.15, -0.1) is 0 Å². The molecule has 2 aliphatic rings. The van der Waals surface area contributed by atoms with Crippen molar-refractivity contribution < 1.29 is 9.47 Å². The molecular weight excluding hydrogens is 202 g/mol. The average Bonchev–Trinajstić information content (AvgIpc) is 2.72. The fourth-order valence-corrected chi connectivity index (χ4v) is 2.22. The molecule has 0 bridgehead atoms. The molecule has 0 spiro atoms. The molecule has 2 heterocycles. The van der Waals surface area contributed by atoms with Crippen LogP contribution in [0.1, 0.15) is 18.1 Å². The highest BCUT2D eigenvalue weighted by atomic mass is 16.5. The summed E-state index contributed by atoms with van der Waals surface area (Å²) in [5.74, 6) is 1.04. The van der Waals surface area contributed by atoms with E-state index < -0.39 is 0 Å². The van der Waals surface area contributed by atoms with Crippen LogP contribution in [0.4, 0.5) is 0 Å². The van der Waals surface area contributed by atoms with Crippen molar-refractivity contribution in [3.05, 3.63) is 29.3 Å². The molecule has 3 heteroatoms. The molecule has 1 saturated heterocycles. The van der Waals surface area contributed by atoms with Gasteiger partial charge in [0.15, 0.2) is 0 Å². The first kappa shape index (κ1) is 10.1. The lowest BCUT2D eigenvalue weighted by Gasteiger charge is -2.37. The van der Waals surface area contributed by atoms with Gasteiger partial charge >= 0.3 is 0 Å². The molecule has 1 aromatic rings. The smallest absolute Gasteiger partial charge is 0.124 e. The number of ether oxygens (including phenoxy) is 2. The molecule has 0 aromatic heterocycles. The summed E-state index contributed by atoms with van der Waals surface area (Å²) in [4.78, 5) is 0. The number of nitrogens with one attached hydrogen (secondary N) is 1. The molecule has 1 aromatic carbocycles. The van der Waals surface area contributed by atoms with Gasteiger partial charge in [0.05, 0.1) is 19.8 Å². The highest BCUT2D eigenvalue weighted by molar-refractivity contribution is 5.42. The second-order valence-corrected chi connectivity index (χ2v) is 5.09. The fourth-order valence-electron chi connectivity index (χ4n) is 2.22. The van der Waals surface area contributed by atoms with Crippen LogP contribution in [0.15, 0.2) is 18.2 Å². The zero-order valence-corrected chi connectivity index (χ0v) is 9.58. The minimum absolute atomic E-state index is 0.217. The fraction of sp³-hybridized carbons (Fsp3) is 0.538. The number of hydrogen-bond acceptors (Lipinski definition) is 3. The summed E-state index contributed by atoms with van der Waals surface area (Å²) in [7, 11) is 0. The van der Waals surface area contributed by atoms with Crippen molar-refractivity contribution in [2.24, 2.45) is 5.41 Å². The Bertz CT molecular complexity index is 399. The maximum Gasteiger partial charge on any atom is 0.124 e. The van der Waals surface area contributed by atoms with Crippen LogP contribution in [0.3, 0.4) is 0 Å². The van der Waals surface area contributed by atoms with Crippen LogP contribution in [-0.2, 0) is 17.8 Å². The largest absolute Gasteiger partial charge is 0.492 e. The summed E-state index contributed by atoms with van der Waals surface area (Å²) in [5, 5.41) is 3.35. The number of rotatable bonds is 3. The zero-order valence-electron chi connectivity index (χ0n) is 9.58.